The summed E-state index contributed by atoms with van der Waals surface area (Å²) in [5, 5.41) is 0.181. The van der Waals surface area contributed by atoms with Crippen LogP contribution in [0.4, 0.5) is 0 Å². The van der Waals surface area contributed by atoms with Crippen LogP contribution in [-0.2, 0) is 11.2 Å². The van der Waals surface area contributed by atoms with Crippen LogP contribution in [0.25, 0.3) is 11.0 Å². The maximum absolute atomic E-state index is 11.5. The van der Waals surface area contributed by atoms with E-state index in [1.807, 2.05) is 0 Å². The monoisotopic (exact) mass is 220 g/mol. The van der Waals surface area contributed by atoms with E-state index in [4.69, 9.17) is 5.73 Å². The summed E-state index contributed by atoms with van der Waals surface area (Å²) >= 11 is 0. The molecule has 7 nitrogen and oxygen atoms in total. The van der Waals surface area contributed by atoms with Gasteiger partial charge in [-0.15, -0.1) is 0 Å². The molecular formula is C9H8N4O3. The third-order valence-corrected chi connectivity index (χ3v) is 2.09. The molecule has 0 aliphatic rings. The lowest BCUT2D eigenvalue weighted by molar-refractivity contribution is -0.117. The van der Waals surface area contributed by atoms with E-state index in [1.54, 1.807) is 0 Å². The summed E-state index contributed by atoms with van der Waals surface area (Å²) in [5.74, 6) is -0.557. The Morgan fingerprint density at radius 1 is 1.38 bits per heavy atom. The molecule has 0 aromatic carbocycles. The Balaban J connectivity index is 2.82. The van der Waals surface area contributed by atoms with E-state index < -0.39 is 17.2 Å². The van der Waals surface area contributed by atoms with Crippen molar-refractivity contribution in [3.05, 3.63) is 38.7 Å². The number of fused-ring (bicyclic) bond motifs is 1. The zero-order valence-corrected chi connectivity index (χ0v) is 8.11. The molecular weight excluding hydrogens is 212 g/mol. The van der Waals surface area contributed by atoms with Crippen molar-refractivity contribution in [1.82, 2.24) is 15.0 Å². The topological polar surface area (TPSA) is 122 Å². The average molecular weight is 220 g/mol. The largest absolute Gasteiger partial charge is 0.369 e. The Morgan fingerprint density at radius 2 is 2.12 bits per heavy atom. The molecule has 0 aliphatic carbocycles. The Hall–Kier alpha value is -2.44. The van der Waals surface area contributed by atoms with Gasteiger partial charge < -0.3 is 5.73 Å². The average Bonchev–Trinajstić information content (AvgIpc) is 2.15. The van der Waals surface area contributed by atoms with Gasteiger partial charge in [0.25, 0.3) is 5.56 Å². The van der Waals surface area contributed by atoms with Crippen molar-refractivity contribution in [1.29, 1.82) is 0 Å². The van der Waals surface area contributed by atoms with E-state index >= 15 is 0 Å². The highest BCUT2D eigenvalue weighted by Gasteiger charge is 2.09. The number of primary amides is 1. The van der Waals surface area contributed by atoms with Crippen molar-refractivity contribution in [3.8, 4) is 0 Å². The fraction of sp³-hybridized carbons (Fsp3) is 0.111. The van der Waals surface area contributed by atoms with Crippen LogP contribution in [0, 0.1) is 0 Å². The third-order valence-electron chi connectivity index (χ3n) is 2.09. The van der Waals surface area contributed by atoms with E-state index in [2.05, 4.69) is 15.0 Å². The molecule has 2 aromatic rings. The molecule has 2 rings (SSSR count). The molecule has 0 radical (unpaired) electrons. The zero-order valence-electron chi connectivity index (χ0n) is 8.11. The zero-order chi connectivity index (χ0) is 11.7. The summed E-state index contributed by atoms with van der Waals surface area (Å²) in [5.41, 5.74) is 4.42. The first kappa shape index (κ1) is 10.1. The first-order valence-electron chi connectivity index (χ1n) is 4.46. The van der Waals surface area contributed by atoms with E-state index in [1.165, 1.54) is 12.3 Å². The molecule has 0 aliphatic heterocycles. The number of nitrogens with two attached hydrogens (primary N) is 1. The summed E-state index contributed by atoms with van der Waals surface area (Å²) in [6.07, 6.45) is 1.32. The first-order chi connectivity index (χ1) is 7.58. The van der Waals surface area contributed by atoms with Gasteiger partial charge in [0.2, 0.25) is 5.91 Å². The standard InChI is InChI=1S/C9H8N4O3/c10-5(14)3-4-1-2-11-7-6(4)8(15)13-9(16)12-7/h1-2H,3H2,(H2,10,14)(H2,11,12,13,15,16). The van der Waals surface area contributed by atoms with Crippen LogP contribution in [0.1, 0.15) is 5.56 Å². The highest BCUT2D eigenvalue weighted by Crippen LogP contribution is 2.08. The lowest BCUT2D eigenvalue weighted by Crippen LogP contribution is -2.24. The highest BCUT2D eigenvalue weighted by molar-refractivity contribution is 5.84. The first-order valence-corrected chi connectivity index (χ1v) is 4.46. The number of hydrogen-bond acceptors (Lipinski definition) is 4. The Bertz CT molecular complexity index is 670. The van der Waals surface area contributed by atoms with Crippen LogP contribution in [0.15, 0.2) is 21.9 Å². The second kappa shape index (κ2) is 3.61. The molecule has 0 atom stereocenters. The van der Waals surface area contributed by atoms with E-state index in [0.29, 0.717) is 5.56 Å². The van der Waals surface area contributed by atoms with Gasteiger partial charge in [0.05, 0.1) is 11.8 Å². The van der Waals surface area contributed by atoms with Crippen molar-refractivity contribution >= 4 is 16.9 Å². The number of amides is 1. The van der Waals surface area contributed by atoms with Gasteiger partial charge in [-0.1, -0.05) is 0 Å². The summed E-state index contributed by atoms with van der Waals surface area (Å²) in [6.45, 7) is 0. The number of carbonyl (C=O) groups excluding carboxylic acids is 1. The van der Waals surface area contributed by atoms with Crippen molar-refractivity contribution in [2.75, 3.05) is 0 Å². The molecule has 4 N–H and O–H groups in total. The van der Waals surface area contributed by atoms with Gasteiger partial charge in [-0.05, 0) is 11.6 Å². The predicted octanol–water partition coefficient (Wildman–Crippen LogP) is -1.36. The fourth-order valence-electron chi connectivity index (χ4n) is 1.49. The van der Waals surface area contributed by atoms with E-state index in [-0.39, 0.29) is 17.5 Å². The number of pyridine rings is 1. The van der Waals surface area contributed by atoms with Crippen molar-refractivity contribution < 1.29 is 4.79 Å². The minimum absolute atomic E-state index is 0.0753. The molecule has 16 heavy (non-hydrogen) atoms. The summed E-state index contributed by atoms with van der Waals surface area (Å²) in [6, 6.07) is 1.51. The maximum Gasteiger partial charge on any atom is 0.327 e. The maximum atomic E-state index is 11.5. The SMILES string of the molecule is NC(=O)Cc1ccnc2[nH]c(=O)[nH]c(=O)c12. The molecule has 0 bridgehead atoms. The summed E-state index contributed by atoms with van der Waals surface area (Å²) in [7, 11) is 0. The number of H-pyrrole nitrogens is 2. The number of aromatic amines is 2. The molecule has 2 aromatic heterocycles. The Kier molecular flexibility index (Phi) is 2.28. The molecule has 0 saturated carbocycles. The van der Waals surface area contributed by atoms with Gasteiger partial charge >= 0.3 is 5.69 Å². The number of nitrogens with zero attached hydrogens (tertiary/aromatic N) is 1. The Morgan fingerprint density at radius 3 is 2.81 bits per heavy atom. The molecule has 0 saturated heterocycles. The van der Waals surface area contributed by atoms with Gasteiger partial charge in [0.15, 0.2) is 0 Å². The molecule has 0 fully saturated rings. The van der Waals surface area contributed by atoms with E-state index in [0.717, 1.165) is 0 Å². The quantitative estimate of drug-likeness (QED) is 0.578. The summed E-state index contributed by atoms with van der Waals surface area (Å²) in [4.78, 5) is 41.6. The van der Waals surface area contributed by atoms with Gasteiger partial charge in [-0.25, -0.2) is 9.78 Å². The second-order valence-corrected chi connectivity index (χ2v) is 3.25. The van der Waals surface area contributed by atoms with Gasteiger partial charge in [0.1, 0.15) is 5.65 Å². The minimum Gasteiger partial charge on any atom is -0.369 e. The van der Waals surface area contributed by atoms with Crippen LogP contribution in [0.5, 0.6) is 0 Å². The van der Waals surface area contributed by atoms with Gasteiger partial charge in [0, 0.05) is 6.20 Å². The van der Waals surface area contributed by atoms with Crippen molar-refractivity contribution in [2.45, 2.75) is 6.42 Å². The lowest BCUT2D eigenvalue weighted by atomic mass is 10.1. The number of hydrogen-bond donors (Lipinski definition) is 3. The van der Waals surface area contributed by atoms with Crippen LogP contribution >= 0.6 is 0 Å². The third kappa shape index (κ3) is 1.70. The predicted molar refractivity (Wildman–Crippen MR) is 55.9 cm³/mol. The van der Waals surface area contributed by atoms with Crippen molar-refractivity contribution in [3.63, 3.8) is 0 Å². The van der Waals surface area contributed by atoms with Crippen LogP contribution < -0.4 is 17.0 Å². The number of aromatic nitrogens is 3. The molecule has 1 amide bonds. The molecule has 82 valence electrons. The molecule has 7 heteroatoms. The lowest BCUT2D eigenvalue weighted by Gasteiger charge is -2.01. The van der Waals surface area contributed by atoms with Crippen molar-refractivity contribution in [2.24, 2.45) is 5.73 Å². The smallest absolute Gasteiger partial charge is 0.327 e. The summed E-state index contributed by atoms with van der Waals surface area (Å²) < 4.78 is 0. The number of carbonyl (C=O) groups is 1. The minimum atomic E-state index is -0.638. The Labute approximate surface area is 88.3 Å². The number of nitrogens with one attached hydrogen (secondary N) is 2. The van der Waals surface area contributed by atoms with Gasteiger partial charge in [-0.3, -0.25) is 19.6 Å². The molecule has 0 spiro atoms. The van der Waals surface area contributed by atoms with Gasteiger partial charge in [-0.2, -0.15) is 0 Å². The number of rotatable bonds is 2. The molecule has 0 unspecified atom stereocenters. The van der Waals surface area contributed by atoms with E-state index in [9.17, 15) is 14.4 Å². The molecule has 2 heterocycles. The fourth-order valence-corrected chi connectivity index (χ4v) is 1.49. The van der Waals surface area contributed by atoms with Crippen LogP contribution in [-0.4, -0.2) is 20.9 Å². The van der Waals surface area contributed by atoms with Crippen LogP contribution in [0.3, 0.4) is 0 Å². The highest BCUT2D eigenvalue weighted by atomic mass is 16.2. The second-order valence-electron chi connectivity index (χ2n) is 3.25. The normalized spacial score (nSPS) is 10.5. The van der Waals surface area contributed by atoms with Crippen LogP contribution in [0.2, 0.25) is 0 Å².